The molecule has 0 bridgehead atoms. The zero-order valence-electron chi connectivity index (χ0n) is 48.3. The van der Waals surface area contributed by atoms with Crippen molar-refractivity contribution in [3.05, 3.63) is 109 Å². The number of esters is 3. The summed E-state index contributed by atoms with van der Waals surface area (Å²) in [5, 5.41) is 0. The van der Waals surface area contributed by atoms with Gasteiger partial charge < -0.3 is 14.2 Å². The van der Waals surface area contributed by atoms with E-state index in [9.17, 15) is 14.4 Å². The fourth-order valence-electron chi connectivity index (χ4n) is 8.40. The Bertz CT molecular complexity index is 1510. The fourth-order valence-corrected chi connectivity index (χ4v) is 8.40. The predicted octanol–water partition coefficient (Wildman–Crippen LogP) is 21.0. The smallest absolute Gasteiger partial charge is 0.306 e. The predicted molar refractivity (Wildman–Crippen MR) is 320 cm³/mol. The Kier molecular flexibility index (Phi) is 58.3. The van der Waals surface area contributed by atoms with E-state index < -0.39 is 6.10 Å². The van der Waals surface area contributed by atoms with E-state index in [0.717, 1.165) is 116 Å². The Hall–Kier alpha value is -3.93. The molecule has 0 saturated heterocycles. The van der Waals surface area contributed by atoms with Crippen LogP contribution >= 0.6 is 0 Å². The number of ether oxygens (including phenoxy) is 3. The van der Waals surface area contributed by atoms with Gasteiger partial charge in [0.1, 0.15) is 13.2 Å². The maximum absolute atomic E-state index is 12.9. The molecule has 1 atom stereocenters. The van der Waals surface area contributed by atoms with Gasteiger partial charge >= 0.3 is 17.9 Å². The van der Waals surface area contributed by atoms with Gasteiger partial charge in [0, 0.05) is 19.3 Å². The van der Waals surface area contributed by atoms with Crippen molar-refractivity contribution in [3.8, 4) is 0 Å². The van der Waals surface area contributed by atoms with E-state index in [2.05, 4.69) is 130 Å². The third-order valence-corrected chi connectivity index (χ3v) is 13.0. The van der Waals surface area contributed by atoms with Gasteiger partial charge in [-0.3, -0.25) is 14.4 Å². The zero-order valence-corrected chi connectivity index (χ0v) is 48.3. The molecular formula is C68H114O6. The number of unbranched alkanes of at least 4 members (excludes halogenated alkanes) is 26. The van der Waals surface area contributed by atoms with Crippen LogP contribution in [0.15, 0.2) is 109 Å². The average Bonchev–Trinajstić information content (AvgIpc) is 3.40. The molecule has 0 aliphatic heterocycles. The van der Waals surface area contributed by atoms with Crippen LogP contribution in [-0.4, -0.2) is 37.2 Å². The van der Waals surface area contributed by atoms with E-state index in [-0.39, 0.29) is 37.5 Å². The van der Waals surface area contributed by atoms with Crippen molar-refractivity contribution < 1.29 is 28.6 Å². The first-order chi connectivity index (χ1) is 36.5. The number of carbonyl (C=O) groups excluding carboxylic acids is 3. The van der Waals surface area contributed by atoms with Crippen LogP contribution < -0.4 is 0 Å². The first-order valence-corrected chi connectivity index (χ1v) is 30.9. The Morgan fingerprint density at radius 2 is 0.541 bits per heavy atom. The fraction of sp³-hybridized carbons (Fsp3) is 0.691. The molecule has 1 unspecified atom stereocenters. The molecule has 0 aliphatic rings. The quantitative estimate of drug-likeness (QED) is 0.0261. The molecule has 0 heterocycles. The van der Waals surface area contributed by atoms with E-state index in [4.69, 9.17) is 14.2 Å². The van der Waals surface area contributed by atoms with Gasteiger partial charge in [-0.15, -0.1) is 0 Å². The lowest BCUT2D eigenvalue weighted by Gasteiger charge is -2.18. The summed E-state index contributed by atoms with van der Waals surface area (Å²) in [6.07, 6.45) is 83.7. The van der Waals surface area contributed by atoms with Gasteiger partial charge in [-0.25, -0.2) is 0 Å². The largest absolute Gasteiger partial charge is 0.462 e. The molecule has 6 nitrogen and oxygen atoms in total. The lowest BCUT2D eigenvalue weighted by molar-refractivity contribution is -0.167. The summed E-state index contributed by atoms with van der Waals surface area (Å²) >= 11 is 0. The Labute approximate surface area is 457 Å². The third-order valence-electron chi connectivity index (χ3n) is 13.0. The molecule has 0 aromatic carbocycles. The molecule has 0 spiro atoms. The lowest BCUT2D eigenvalue weighted by atomic mass is 10.0. The molecule has 0 amide bonds. The van der Waals surface area contributed by atoms with E-state index in [1.54, 1.807) is 0 Å². The van der Waals surface area contributed by atoms with E-state index in [1.807, 2.05) is 0 Å². The van der Waals surface area contributed by atoms with Crippen molar-refractivity contribution >= 4 is 17.9 Å². The van der Waals surface area contributed by atoms with Crippen LogP contribution in [0.1, 0.15) is 284 Å². The highest BCUT2D eigenvalue weighted by molar-refractivity contribution is 5.71. The SMILES string of the molecule is CC/C=C\C/C=C\C/C=C\C/C=C\C/C=C\C/C=C\C/C=C\CCCC(=O)OCC(COC(=O)CCCCCCC/C=C\C/C=C\CCCCCC)OC(=O)CCCCCCCCCCCCCCCCCCC. The summed E-state index contributed by atoms with van der Waals surface area (Å²) in [5.41, 5.74) is 0. The summed E-state index contributed by atoms with van der Waals surface area (Å²) in [5.74, 6) is -0.969. The first-order valence-electron chi connectivity index (χ1n) is 30.9. The number of carbonyl (C=O) groups is 3. The van der Waals surface area contributed by atoms with Crippen molar-refractivity contribution in [2.75, 3.05) is 13.2 Å². The van der Waals surface area contributed by atoms with Crippen LogP contribution in [0, 0.1) is 0 Å². The number of allylic oxidation sites excluding steroid dienone is 18. The van der Waals surface area contributed by atoms with Crippen LogP contribution in [0.5, 0.6) is 0 Å². The van der Waals surface area contributed by atoms with Gasteiger partial charge in [0.15, 0.2) is 6.10 Å². The van der Waals surface area contributed by atoms with Gasteiger partial charge in [-0.05, 0) is 103 Å². The van der Waals surface area contributed by atoms with E-state index in [1.165, 1.54) is 122 Å². The Morgan fingerprint density at radius 3 is 0.892 bits per heavy atom. The summed E-state index contributed by atoms with van der Waals surface area (Å²) < 4.78 is 16.9. The molecule has 6 heteroatoms. The molecule has 0 N–H and O–H groups in total. The standard InChI is InChI=1S/C68H114O6/c1-4-7-10-13-16-19-22-25-28-31-32-33-34-35-36-38-40-43-46-49-52-55-58-61-67(70)73-64-65(63-72-66(69)60-57-54-51-48-45-42-39-30-27-24-21-18-15-12-9-6-3)74-68(71)62-59-56-53-50-47-44-41-37-29-26-23-20-17-14-11-8-5-2/h7,10,16,19,21,24-25,28,30,32-33,35-36,39-40,43,49,52,65H,4-6,8-9,11-15,17-18,20,22-23,26-27,29,31,34,37-38,41-42,44-48,50-51,53-64H2,1-3H3/b10-7-,19-16-,24-21-,28-25-,33-32-,36-35-,39-30-,43-40-,52-49-. The van der Waals surface area contributed by atoms with E-state index >= 15 is 0 Å². The van der Waals surface area contributed by atoms with Crippen molar-refractivity contribution in [2.45, 2.75) is 290 Å². The molecule has 0 aromatic rings. The van der Waals surface area contributed by atoms with Crippen molar-refractivity contribution in [2.24, 2.45) is 0 Å². The van der Waals surface area contributed by atoms with Crippen molar-refractivity contribution in [1.29, 1.82) is 0 Å². The van der Waals surface area contributed by atoms with Crippen LogP contribution in [0.2, 0.25) is 0 Å². The van der Waals surface area contributed by atoms with E-state index in [0.29, 0.717) is 19.3 Å². The second kappa shape index (κ2) is 61.6. The van der Waals surface area contributed by atoms with Crippen LogP contribution in [0.3, 0.4) is 0 Å². The van der Waals surface area contributed by atoms with Gasteiger partial charge in [0.05, 0.1) is 0 Å². The Morgan fingerprint density at radius 1 is 0.284 bits per heavy atom. The molecule has 74 heavy (non-hydrogen) atoms. The molecular weight excluding hydrogens is 913 g/mol. The molecule has 0 radical (unpaired) electrons. The van der Waals surface area contributed by atoms with Gasteiger partial charge in [-0.1, -0.05) is 271 Å². The van der Waals surface area contributed by atoms with Crippen LogP contribution in [0.25, 0.3) is 0 Å². The highest BCUT2D eigenvalue weighted by atomic mass is 16.6. The topological polar surface area (TPSA) is 78.9 Å². The minimum atomic E-state index is -0.808. The number of rotatable bonds is 55. The second-order valence-electron chi connectivity index (χ2n) is 20.2. The molecule has 0 aliphatic carbocycles. The van der Waals surface area contributed by atoms with Gasteiger partial charge in [-0.2, -0.15) is 0 Å². The molecule has 422 valence electrons. The molecule has 0 fully saturated rings. The average molecular weight is 1030 g/mol. The van der Waals surface area contributed by atoms with Gasteiger partial charge in [0.2, 0.25) is 0 Å². The molecule has 0 rings (SSSR count). The lowest BCUT2D eigenvalue weighted by Crippen LogP contribution is -2.30. The summed E-state index contributed by atoms with van der Waals surface area (Å²) in [6.45, 7) is 6.47. The van der Waals surface area contributed by atoms with Crippen LogP contribution in [0.4, 0.5) is 0 Å². The highest BCUT2D eigenvalue weighted by Crippen LogP contribution is 2.16. The molecule has 0 saturated carbocycles. The van der Waals surface area contributed by atoms with Crippen molar-refractivity contribution in [3.63, 3.8) is 0 Å². The number of hydrogen-bond acceptors (Lipinski definition) is 6. The summed E-state index contributed by atoms with van der Waals surface area (Å²) in [6, 6.07) is 0. The van der Waals surface area contributed by atoms with Crippen molar-refractivity contribution in [1.82, 2.24) is 0 Å². The maximum Gasteiger partial charge on any atom is 0.306 e. The van der Waals surface area contributed by atoms with Crippen LogP contribution in [-0.2, 0) is 28.6 Å². The second-order valence-corrected chi connectivity index (χ2v) is 20.2. The third kappa shape index (κ3) is 59.0. The zero-order chi connectivity index (χ0) is 53.6. The highest BCUT2D eigenvalue weighted by Gasteiger charge is 2.19. The Balaban J connectivity index is 4.49. The van der Waals surface area contributed by atoms with Gasteiger partial charge in [0.25, 0.3) is 0 Å². The normalized spacial score (nSPS) is 12.9. The minimum absolute atomic E-state index is 0.103. The summed E-state index contributed by atoms with van der Waals surface area (Å²) in [7, 11) is 0. The maximum atomic E-state index is 12.9. The summed E-state index contributed by atoms with van der Waals surface area (Å²) in [4.78, 5) is 38.3. The first kappa shape index (κ1) is 70.1. The minimum Gasteiger partial charge on any atom is -0.462 e. The number of hydrogen-bond donors (Lipinski definition) is 0. The monoisotopic (exact) mass is 1030 g/mol. The molecule has 0 aromatic heterocycles.